The molecule has 3 nitrogen and oxygen atoms in total. The van der Waals surface area contributed by atoms with E-state index in [-0.39, 0.29) is 18.2 Å². The van der Waals surface area contributed by atoms with Crippen LogP contribution >= 0.6 is 31.9 Å². The van der Waals surface area contributed by atoms with Crippen molar-refractivity contribution in [1.29, 1.82) is 0 Å². The monoisotopic (exact) mass is 376 g/mol. The number of alkyl halides is 1. The van der Waals surface area contributed by atoms with E-state index in [0.29, 0.717) is 18.4 Å². The number of Topliss-reactive ketones (excluding diaryl/α,β-unsaturated/α-hetero) is 1. The topological polar surface area (TPSA) is 43.4 Å². The molecule has 0 amide bonds. The molecule has 0 aliphatic carbocycles. The highest BCUT2D eigenvalue weighted by Crippen LogP contribution is 2.17. The summed E-state index contributed by atoms with van der Waals surface area (Å²) in [7, 11) is 0. The summed E-state index contributed by atoms with van der Waals surface area (Å²) in [6, 6.07) is 5.61. The molecule has 0 unspecified atom stereocenters. The smallest absolute Gasteiger partial charge is 0.310 e. The normalized spacial score (nSPS) is 10.2. The average Bonchev–Trinajstić information content (AvgIpc) is 2.28. The second-order valence-corrected chi connectivity index (χ2v) is 5.28. The second-order valence-electron chi connectivity index (χ2n) is 3.80. The zero-order valence-corrected chi connectivity index (χ0v) is 13.2. The molecule has 0 aliphatic rings. The number of rotatable bonds is 6. The number of carbonyl (C=O) groups excluding carboxylic acids is 2. The summed E-state index contributed by atoms with van der Waals surface area (Å²) in [6.07, 6.45) is 0.587. The number of halogens is 2. The highest BCUT2D eigenvalue weighted by atomic mass is 79.9. The van der Waals surface area contributed by atoms with E-state index >= 15 is 0 Å². The van der Waals surface area contributed by atoms with E-state index in [4.69, 9.17) is 4.74 Å². The molecule has 0 N–H and O–H groups in total. The first-order valence-corrected chi connectivity index (χ1v) is 7.48. The van der Waals surface area contributed by atoms with Crippen LogP contribution in [0.2, 0.25) is 0 Å². The van der Waals surface area contributed by atoms with Crippen LogP contribution in [0.5, 0.6) is 0 Å². The third kappa shape index (κ3) is 5.31. The molecule has 0 fully saturated rings. The zero-order chi connectivity index (χ0) is 13.5. The maximum absolute atomic E-state index is 11.4. The molecule has 0 heterocycles. The van der Waals surface area contributed by atoms with Crippen molar-refractivity contribution in [2.75, 3.05) is 11.9 Å². The lowest BCUT2D eigenvalue weighted by Gasteiger charge is -2.06. The van der Waals surface area contributed by atoms with Gasteiger partial charge in [0, 0.05) is 10.9 Å². The lowest BCUT2D eigenvalue weighted by Crippen LogP contribution is -2.09. The lowest BCUT2D eigenvalue weighted by atomic mass is 10.0. The fraction of sp³-hybridized carbons (Fsp3) is 0.385. The number of ketones is 1. The fourth-order valence-corrected chi connectivity index (χ4v) is 2.36. The van der Waals surface area contributed by atoms with Crippen molar-refractivity contribution in [1.82, 2.24) is 0 Å². The Bertz CT molecular complexity index is 444. The molecule has 0 radical (unpaired) electrons. The van der Waals surface area contributed by atoms with E-state index in [2.05, 4.69) is 31.9 Å². The summed E-state index contributed by atoms with van der Waals surface area (Å²) in [6.45, 7) is 2.15. The van der Waals surface area contributed by atoms with Crippen LogP contribution in [0.25, 0.3) is 0 Å². The van der Waals surface area contributed by atoms with Crippen molar-refractivity contribution < 1.29 is 14.3 Å². The predicted octanol–water partition coefficient (Wildman–Crippen LogP) is 3.06. The summed E-state index contributed by atoms with van der Waals surface area (Å²) in [5.74, 6) is -0.149. The molecule has 1 aromatic rings. The van der Waals surface area contributed by atoms with Gasteiger partial charge in [-0.3, -0.25) is 9.59 Å². The molecule has 0 atom stereocenters. The van der Waals surface area contributed by atoms with E-state index in [0.717, 1.165) is 15.6 Å². The summed E-state index contributed by atoms with van der Waals surface area (Å²) in [4.78, 5) is 22.8. The van der Waals surface area contributed by atoms with Gasteiger partial charge < -0.3 is 4.74 Å². The Morgan fingerprint density at radius 1 is 1.17 bits per heavy atom. The minimum atomic E-state index is -0.256. The van der Waals surface area contributed by atoms with Crippen LogP contribution in [0.1, 0.15) is 18.1 Å². The van der Waals surface area contributed by atoms with Crippen molar-refractivity contribution in [3.05, 3.63) is 33.8 Å². The van der Waals surface area contributed by atoms with E-state index < -0.39 is 0 Å². The Balaban J connectivity index is 2.80. The maximum Gasteiger partial charge on any atom is 0.310 e. The van der Waals surface area contributed by atoms with Crippen molar-refractivity contribution in [3.63, 3.8) is 0 Å². The van der Waals surface area contributed by atoms with E-state index in [1.807, 2.05) is 18.2 Å². The molecule has 0 aromatic heterocycles. The molecule has 98 valence electrons. The van der Waals surface area contributed by atoms with Gasteiger partial charge in [-0.15, -0.1) is 0 Å². The predicted molar refractivity (Wildman–Crippen MR) is 77.0 cm³/mol. The molecule has 0 bridgehead atoms. The fourth-order valence-electron chi connectivity index (χ4n) is 1.58. The molecule has 0 saturated heterocycles. The van der Waals surface area contributed by atoms with Gasteiger partial charge in [-0.1, -0.05) is 37.9 Å². The van der Waals surface area contributed by atoms with Gasteiger partial charge in [0.2, 0.25) is 0 Å². The molecule has 18 heavy (non-hydrogen) atoms. The third-order valence-corrected chi connectivity index (χ3v) is 3.30. The number of ether oxygens (including phenoxy) is 1. The van der Waals surface area contributed by atoms with Gasteiger partial charge in [-0.2, -0.15) is 0 Å². The Morgan fingerprint density at radius 2 is 1.78 bits per heavy atom. The van der Waals surface area contributed by atoms with E-state index in [1.54, 1.807) is 6.92 Å². The zero-order valence-electron chi connectivity index (χ0n) is 10.0. The first-order chi connectivity index (χ1) is 8.55. The first-order valence-electron chi connectivity index (χ1n) is 5.56. The summed E-state index contributed by atoms with van der Waals surface area (Å²) in [5, 5.41) is 0.340. The first kappa shape index (κ1) is 15.4. The summed E-state index contributed by atoms with van der Waals surface area (Å²) < 4.78 is 5.76. The van der Waals surface area contributed by atoms with E-state index in [1.165, 1.54) is 0 Å². The number of benzene rings is 1. The van der Waals surface area contributed by atoms with E-state index in [9.17, 15) is 9.59 Å². The molecule has 0 saturated carbocycles. The minimum absolute atomic E-state index is 0.107. The summed E-state index contributed by atoms with van der Waals surface area (Å²) >= 11 is 6.51. The molecular weight excluding hydrogens is 364 g/mol. The Morgan fingerprint density at radius 3 is 2.33 bits per heavy atom. The number of hydrogen-bond acceptors (Lipinski definition) is 3. The Labute approximate surface area is 123 Å². The van der Waals surface area contributed by atoms with Gasteiger partial charge in [0.1, 0.15) is 5.78 Å². The van der Waals surface area contributed by atoms with Crippen LogP contribution < -0.4 is 0 Å². The molecular formula is C13H14Br2O3. The van der Waals surface area contributed by atoms with Crippen molar-refractivity contribution in [2.45, 2.75) is 19.8 Å². The summed E-state index contributed by atoms with van der Waals surface area (Å²) in [5.41, 5.74) is 1.74. The van der Waals surface area contributed by atoms with Crippen LogP contribution in [0.15, 0.2) is 22.7 Å². The van der Waals surface area contributed by atoms with Crippen LogP contribution in [0, 0.1) is 0 Å². The minimum Gasteiger partial charge on any atom is -0.466 e. The van der Waals surface area contributed by atoms with Gasteiger partial charge in [0.15, 0.2) is 0 Å². The second kappa shape index (κ2) is 7.69. The van der Waals surface area contributed by atoms with Gasteiger partial charge in [-0.25, -0.2) is 0 Å². The largest absolute Gasteiger partial charge is 0.466 e. The number of hydrogen-bond donors (Lipinski definition) is 0. The van der Waals surface area contributed by atoms with Crippen LogP contribution in [0.3, 0.4) is 0 Å². The Hall–Kier alpha value is -0.680. The SMILES string of the molecule is CCOC(=O)Cc1cc(Br)cc(CC(=O)CBr)c1. The average molecular weight is 378 g/mol. The standard InChI is InChI=1S/C13H14Br2O3/c1-2-18-13(17)7-10-3-9(4-11(15)5-10)6-12(16)8-14/h3-5H,2,6-8H2,1H3. The van der Waals surface area contributed by atoms with Crippen LogP contribution in [-0.4, -0.2) is 23.7 Å². The van der Waals surface area contributed by atoms with Gasteiger partial charge in [0.25, 0.3) is 0 Å². The molecule has 0 aliphatic heterocycles. The van der Waals surface area contributed by atoms with Crippen molar-refractivity contribution >= 4 is 43.6 Å². The third-order valence-electron chi connectivity index (χ3n) is 2.22. The molecule has 1 aromatic carbocycles. The van der Waals surface area contributed by atoms with Gasteiger partial charge in [-0.05, 0) is 30.2 Å². The molecule has 1 rings (SSSR count). The lowest BCUT2D eigenvalue weighted by molar-refractivity contribution is -0.142. The van der Waals surface area contributed by atoms with Gasteiger partial charge in [0.05, 0.1) is 18.4 Å². The van der Waals surface area contributed by atoms with Crippen molar-refractivity contribution in [2.24, 2.45) is 0 Å². The number of esters is 1. The van der Waals surface area contributed by atoms with Crippen LogP contribution in [0.4, 0.5) is 0 Å². The van der Waals surface area contributed by atoms with Crippen LogP contribution in [-0.2, 0) is 27.2 Å². The van der Waals surface area contributed by atoms with Crippen molar-refractivity contribution in [3.8, 4) is 0 Å². The van der Waals surface area contributed by atoms with Gasteiger partial charge >= 0.3 is 5.97 Å². The quantitative estimate of drug-likeness (QED) is 0.565. The Kier molecular flexibility index (Phi) is 6.57. The molecule has 0 spiro atoms. The highest BCUT2D eigenvalue weighted by molar-refractivity contribution is 9.10. The molecule has 5 heteroatoms. The maximum atomic E-state index is 11.4. The number of carbonyl (C=O) groups is 2. The highest BCUT2D eigenvalue weighted by Gasteiger charge is 2.08.